The fourth-order valence-corrected chi connectivity index (χ4v) is 2.21. The van der Waals surface area contributed by atoms with Crippen LogP contribution in [0.5, 0.6) is 6.01 Å². The minimum Gasteiger partial charge on any atom is -0.467 e. The Kier molecular flexibility index (Phi) is 4.17. The summed E-state index contributed by atoms with van der Waals surface area (Å²) in [5.74, 6) is 1.95. The molecule has 0 radical (unpaired) electrons. The first-order chi connectivity index (χ1) is 8.71. The molecule has 2 rings (SSSR count). The average Bonchev–Trinajstić information content (AvgIpc) is 2.41. The van der Waals surface area contributed by atoms with E-state index in [4.69, 9.17) is 4.74 Å². The first-order valence-electron chi connectivity index (χ1n) is 6.45. The van der Waals surface area contributed by atoms with Crippen LogP contribution in [0.2, 0.25) is 0 Å². The zero-order valence-corrected chi connectivity index (χ0v) is 11.2. The second-order valence-electron chi connectivity index (χ2n) is 4.82. The quantitative estimate of drug-likeness (QED) is 0.851. The highest BCUT2D eigenvalue weighted by Gasteiger charge is 2.19. The summed E-state index contributed by atoms with van der Waals surface area (Å²) >= 11 is 0. The largest absolute Gasteiger partial charge is 0.467 e. The monoisotopic (exact) mass is 251 g/mol. The lowest BCUT2D eigenvalue weighted by atomic mass is 9.87. The molecular weight excluding hydrogens is 230 g/mol. The van der Waals surface area contributed by atoms with Gasteiger partial charge in [-0.25, -0.2) is 0 Å². The summed E-state index contributed by atoms with van der Waals surface area (Å²) in [4.78, 5) is 12.6. The Hall–Kier alpha value is -1.59. The maximum Gasteiger partial charge on any atom is 0.322 e. The fraction of sp³-hybridized carbons (Fsp3) is 0.750. The molecule has 18 heavy (non-hydrogen) atoms. The van der Waals surface area contributed by atoms with Crippen LogP contribution in [0.25, 0.3) is 0 Å². The summed E-state index contributed by atoms with van der Waals surface area (Å²) in [6.45, 7) is 2.31. The number of hydrogen-bond donors (Lipinski definition) is 2. The van der Waals surface area contributed by atoms with Crippen molar-refractivity contribution in [2.24, 2.45) is 5.92 Å². The second kappa shape index (κ2) is 5.84. The molecule has 1 heterocycles. The third-order valence-corrected chi connectivity index (χ3v) is 3.37. The van der Waals surface area contributed by atoms with Gasteiger partial charge in [-0.2, -0.15) is 15.0 Å². The highest BCUT2D eigenvalue weighted by Crippen LogP contribution is 2.25. The van der Waals surface area contributed by atoms with E-state index in [0.717, 1.165) is 5.92 Å². The smallest absolute Gasteiger partial charge is 0.322 e. The second-order valence-corrected chi connectivity index (χ2v) is 4.82. The molecule has 0 bridgehead atoms. The Balaban J connectivity index is 2.03. The van der Waals surface area contributed by atoms with Crippen molar-refractivity contribution in [3.63, 3.8) is 0 Å². The molecule has 1 saturated carbocycles. The molecule has 1 aromatic heterocycles. The lowest BCUT2D eigenvalue weighted by Crippen LogP contribution is -2.26. The van der Waals surface area contributed by atoms with Crippen molar-refractivity contribution in [2.75, 3.05) is 24.8 Å². The molecule has 0 aromatic carbocycles. The topological polar surface area (TPSA) is 72.0 Å². The molecule has 0 aliphatic heterocycles. The molecule has 1 aliphatic rings. The van der Waals surface area contributed by atoms with Crippen molar-refractivity contribution in [1.82, 2.24) is 15.0 Å². The highest BCUT2D eigenvalue weighted by molar-refractivity contribution is 5.36. The van der Waals surface area contributed by atoms with Crippen LogP contribution in [0, 0.1) is 5.92 Å². The van der Waals surface area contributed by atoms with Crippen molar-refractivity contribution in [3.8, 4) is 6.01 Å². The maximum atomic E-state index is 5.06. The lowest BCUT2D eigenvalue weighted by Gasteiger charge is -2.26. The molecule has 0 unspecified atom stereocenters. The average molecular weight is 251 g/mol. The number of anilines is 2. The number of methoxy groups -OCH3 is 1. The van der Waals surface area contributed by atoms with Gasteiger partial charge >= 0.3 is 6.01 Å². The van der Waals surface area contributed by atoms with E-state index in [0.29, 0.717) is 23.9 Å². The molecule has 0 amide bonds. The first-order valence-corrected chi connectivity index (χ1v) is 6.45. The van der Waals surface area contributed by atoms with Crippen molar-refractivity contribution >= 4 is 11.9 Å². The van der Waals surface area contributed by atoms with Gasteiger partial charge in [0.15, 0.2) is 0 Å². The van der Waals surface area contributed by atoms with Gasteiger partial charge in [-0.05, 0) is 31.6 Å². The van der Waals surface area contributed by atoms with E-state index in [-0.39, 0.29) is 0 Å². The predicted octanol–water partition coefficient (Wildman–Crippen LogP) is 1.91. The van der Waals surface area contributed by atoms with Gasteiger partial charge in [0.2, 0.25) is 11.9 Å². The number of hydrogen-bond acceptors (Lipinski definition) is 6. The van der Waals surface area contributed by atoms with E-state index >= 15 is 0 Å². The minimum absolute atomic E-state index is 0.334. The van der Waals surface area contributed by atoms with Crippen molar-refractivity contribution in [3.05, 3.63) is 0 Å². The summed E-state index contributed by atoms with van der Waals surface area (Å²) in [6.07, 6.45) is 4.87. The van der Waals surface area contributed by atoms with E-state index < -0.39 is 0 Å². The molecule has 1 fully saturated rings. The van der Waals surface area contributed by atoms with Crippen molar-refractivity contribution in [1.29, 1.82) is 0 Å². The summed E-state index contributed by atoms with van der Waals surface area (Å²) in [5, 5.41) is 6.27. The Morgan fingerprint density at radius 1 is 1.06 bits per heavy atom. The molecule has 0 atom stereocenters. The third-order valence-electron chi connectivity index (χ3n) is 3.37. The normalized spacial score (nSPS) is 23.5. The van der Waals surface area contributed by atoms with Crippen LogP contribution >= 0.6 is 0 Å². The fourth-order valence-electron chi connectivity index (χ4n) is 2.21. The Morgan fingerprint density at radius 2 is 1.72 bits per heavy atom. The lowest BCUT2D eigenvalue weighted by molar-refractivity contribution is 0.358. The van der Waals surface area contributed by atoms with Crippen LogP contribution in [0.4, 0.5) is 11.9 Å². The van der Waals surface area contributed by atoms with Crippen LogP contribution in [-0.4, -0.2) is 35.2 Å². The van der Waals surface area contributed by atoms with Crippen LogP contribution in [0.3, 0.4) is 0 Å². The van der Waals surface area contributed by atoms with Gasteiger partial charge in [0, 0.05) is 13.1 Å². The van der Waals surface area contributed by atoms with Crippen molar-refractivity contribution < 1.29 is 4.74 Å². The van der Waals surface area contributed by atoms with Gasteiger partial charge in [0.25, 0.3) is 0 Å². The molecular formula is C12H21N5O. The van der Waals surface area contributed by atoms with Crippen LogP contribution < -0.4 is 15.4 Å². The number of nitrogens with one attached hydrogen (secondary N) is 2. The van der Waals surface area contributed by atoms with Gasteiger partial charge in [-0.1, -0.05) is 6.92 Å². The zero-order chi connectivity index (χ0) is 13.0. The minimum atomic E-state index is 0.334. The van der Waals surface area contributed by atoms with Gasteiger partial charge in [0.05, 0.1) is 7.11 Å². The van der Waals surface area contributed by atoms with Crippen LogP contribution in [0.15, 0.2) is 0 Å². The molecule has 100 valence electrons. The molecule has 1 aliphatic carbocycles. The van der Waals surface area contributed by atoms with E-state index in [1.807, 2.05) is 0 Å². The van der Waals surface area contributed by atoms with Crippen LogP contribution in [0.1, 0.15) is 32.6 Å². The zero-order valence-electron chi connectivity index (χ0n) is 11.2. The highest BCUT2D eigenvalue weighted by atomic mass is 16.5. The van der Waals surface area contributed by atoms with Gasteiger partial charge in [0.1, 0.15) is 0 Å². The summed E-state index contributed by atoms with van der Waals surface area (Å²) in [7, 11) is 3.34. The Morgan fingerprint density at radius 3 is 2.33 bits per heavy atom. The van der Waals surface area contributed by atoms with Crippen LogP contribution in [-0.2, 0) is 0 Å². The van der Waals surface area contributed by atoms with E-state index in [9.17, 15) is 0 Å². The third kappa shape index (κ3) is 3.21. The Labute approximate surface area is 108 Å². The molecule has 0 spiro atoms. The summed E-state index contributed by atoms with van der Waals surface area (Å²) in [5.41, 5.74) is 0. The summed E-state index contributed by atoms with van der Waals surface area (Å²) < 4.78 is 5.06. The molecule has 6 heteroatoms. The van der Waals surface area contributed by atoms with Gasteiger partial charge in [-0.3, -0.25) is 0 Å². The predicted molar refractivity (Wildman–Crippen MR) is 71.0 cm³/mol. The summed E-state index contributed by atoms with van der Waals surface area (Å²) in [6, 6.07) is 0.791. The van der Waals surface area contributed by atoms with Gasteiger partial charge in [-0.15, -0.1) is 0 Å². The standard InChI is InChI=1S/C12H21N5O/c1-8-4-6-9(7-5-8)14-11-15-10(13-2)16-12(17-11)18-3/h8-9H,4-7H2,1-3H3,(H2,13,14,15,16,17). The number of aromatic nitrogens is 3. The SMILES string of the molecule is CNc1nc(NC2CCC(C)CC2)nc(OC)n1. The number of rotatable bonds is 4. The van der Waals surface area contributed by atoms with E-state index in [1.54, 1.807) is 14.2 Å². The molecule has 1 aromatic rings. The van der Waals surface area contributed by atoms with Crippen molar-refractivity contribution in [2.45, 2.75) is 38.6 Å². The Bertz CT molecular complexity index is 368. The molecule has 2 N–H and O–H groups in total. The van der Waals surface area contributed by atoms with E-state index in [2.05, 4.69) is 32.5 Å². The molecule has 6 nitrogen and oxygen atoms in total. The number of nitrogens with zero attached hydrogens (tertiary/aromatic N) is 3. The van der Waals surface area contributed by atoms with Gasteiger partial charge < -0.3 is 15.4 Å². The number of ether oxygens (including phenoxy) is 1. The molecule has 0 saturated heterocycles. The van der Waals surface area contributed by atoms with E-state index in [1.165, 1.54) is 25.7 Å². The maximum absolute atomic E-state index is 5.06. The first kappa shape index (κ1) is 12.9.